The molecule has 2 heterocycles. The molecule has 0 saturated carbocycles. The Bertz CT molecular complexity index is 737. The largest absolute Gasteiger partial charge is 0.467 e. The van der Waals surface area contributed by atoms with E-state index in [9.17, 15) is 0 Å². The molecule has 0 aliphatic carbocycles. The van der Waals surface area contributed by atoms with E-state index in [0.717, 1.165) is 11.3 Å². The zero-order valence-electron chi connectivity index (χ0n) is 11.6. The minimum absolute atomic E-state index is 0.0299. The maximum absolute atomic E-state index is 8.57. The number of nitrogens with zero attached hydrogens (tertiary/aromatic N) is 4. The fourth-order valence-electron chi connectivity index (χ4n) is 1.51. The van der Waals surface area contributed by atoms with Gasteiger partial charge >= 0.3 is 0 Å². The van der Waals surface area contributed by atoms with Gasteiger partial charge in [-0.3, -0.25) is 10.3 Å². The SMILES string of the molecule is CSC(=NCc1cc(-c2csc(N=C(N)N)n2)co1)NC#N. The van der Waals surface area contributed by atoms with Crippen LogP contribution in [-0.2, 0) is 6.54 Å². The van der Waals surface area contributed by atoms with Gasteiger partial charge in [-0.05, 0) is 12.3 Å². The minimum atomic E-state index is -0.0299. The molecular formula is C12H13N7OS2. The first-order valence-corrected chi connectivity index (χ1v) is 8.09. The van der Waals surface area contributed by atoms with E-state index in [1.165, 1.54) is 23.1 Å². The molecule has 5 N–H and O–H groups in total. The number of guanidine groups is 1. The number of nitrogens with one attached hydrogen (secondary N) is 1. The molecule has 8 nitrogen and oxygen atoms in total. The summed E-state index contributed by atoms with van der Waals surface area (Å²) in [6, 6.07) is 1.84. The Kier molecular flexibility index (Phi) is 5.40. The van der Waals surface area contributed by atoms with Crippen molar-refractivity contribution >= 4 is 39.4 Å². The smallest absolute Gasteiger partial charge is 0.212 e. The van der Waals surface area contributed by atoms with Crippen LogP contribution in [0.15, 0.2) is 32.1 Å². The van der Waals surface area contributed by atoms with Crippen LogP contribution in [-0.4, -0.2) is 22.4 Å². The van der Waals surface area contributed by atoms with Gasteiger partial charge in [-0.15, -0.1) is 11.3 Å². The molecule has 2 aromatic heterocycles. The number of nitrogens with two attached hydrogens (primary N) is 2. The molecule has 0 aliphatic heterocycles. The van der Waals surface area contributed by atoms with E-state index >= 15 is 0 Å². The van der Waals surface area contributed by atoms with Crippen molar-refractivity contribution in [2.24, 2.45) is 21.5 Å². The lowest BCUT2D eigenvalue weighted by molar-refractivity contribution is 0.513. The molecule has 2 aromatic rings. The molecule has 0 spiro atoms. The molecule has 22 heavy (non-hydrogen) atoms. The number of nitriles is 1. The van der Waals surface area contributed by atoms with Gasteiger partial charge in [0.05, 0.1) is 12.2 Å². The van der Waals surface area contributed by atoms with Crippen LogP contribution < -0.4 is 16.8 Å². The molecule has 114 valence electrons. The second-order valence-corrected chi connectivity index (χ2v) is 5.55. The Hall–Kier alpha value is -2.51. The summed E-state index contributed by atoms with van der Waals surface area (Å²) in [6.07, 6.45) is 5.25. The average Bonchev–Trinajstić information content (AvgIpc) is 3.11. The van der Waals surface area contributed by atoms with E-state index in [1.807, 2.05) is 23.9 Å². The van der Waals surface area contributed by atoms with Crippen LogP contribution >= 0.6 is 23.1 Å². The van der Waals surface area contributed by atoms with Crippen molar-refractivity contribution in [1.82, 2.24) is 10.3 Å². The highest BCUT2D eigenvalue weighted by Crippen LogP contribution is 2.28. The first kappa shape index (κ1) is 15.9. The van der Waals surface area contributed by atoms with E-state index in [2.05, 4.69) is 20.3 Å². The topological polar surface area (TPSA) is 139 Å². The van der Waals surface area contributed by atoms with Crippen LogP contribution in [0, 0.1) is 11.5 Å². The molecule has 0 unspecified atom stereocenters. The van der Waals surface area contributed by atoms with Crippen LogP contribution in [0.25, 0.3) is 11.3 Å². The van der Waals surface area contributed by atoms with Crippen LogP contribution in [0.4, 0.5) is 5.13 Å². The number of hydrogen-bond acceptors (Lipinski definition) is 7. The Balaban J connectivity index is 2.10. The fourth-order valence-corrected chi connectivity index (χ4v) is 2.57. The Morgan fingerprint density at radius 2 is 2.41 bits per heavy atom. The van der Waals surface area contributed by atoms with Crippen LogP contribution in [0.3, 0.4) is 0 Å². The molecule has 0 fully saturated rings. The normalized spacial score (nSPS) is 11.0. The van der Waals surface area contributed by atoms with Gasteiger partial charge in [-0.1, -0.05) is 11.8 Å². The van der Waals surface area contributed by atoms with Gasteiger partial charge in [0.1, 0.15) is 12.0 Å². The maximum Gasteiger partial charge on any atom is 0.212 e. The number of amidine groups is 1. The lowest BCUT2D eigenvalue weighted by Crippen LogP contribution is -2.21. The summed E-state index contributed by atoms with van der Waals surface area (Å²) in [4.78, 5) is 12.4. The van der Waals surface area contributed by atoms with Crippen molar-refractivity contribution in [3.05, 3.63) is 23.5 Å². The minimum Gasteiger partial charge on any atom is -0.467 e. The molecule has 0 aromatic carbocycles. The molecule has 0 radical (unpaired) electrons. The van der Waals surface area contributed by atoms with Crippen LogP contribution in [0.2, 0.25) is 0 Å². The molecular weight excluding hydrogens is 322 g/mol. The van der Waals surface area contributed by atoms with Gasteiger partial charge in [0.25, 0.3) is 0 Å². The van der Waals surface area contributed by atoms with Gasteiger partial charge in [0.2, 0.25) is 5.13 Å². The lowest BCUT2D eigenvalue weighted by atomic mass is 10.2. The summed E-state index contributed by atoms with van der Waals surface area (Å²) in [6.45, 7) is 0.329. The zero-order valence-corrected chi connectivity index (χ0v) is 13.2. The quantitative estimate of drug-likeness (QED) is 0.334. The van der Waals surface area contributed by atoms with Crippen molar-refractivity contribution < 1.29 is 4.42 Å². The van der Waals surface area contributed by atoms with Crippen LogP contribution in [0.5, 0.6) is 0 Å². The Labute approximate surface area is 135 Å². The number of aromatic nitrogens is 1. The third-order valence-corrected chi connectivity index (χ3v) is 3.75. The first-order valence-electron chi connectivity index (χ1n) is 5.99. The van der Waals surface area contributed by atoms with Gasteiger partial charge < -0.3 is 15.9 Å². The number of thioether (sulfide) groups is 1. The average molecular weight is 335 g/mol. The van der Waals surface area contributed by atoms with Gasteiger partial charge in [0, 0.05) is 10.9 Å². The number of aliphatic imine (C=N–C) groups is 2. The molecule has 0 aliphatic rings. The maximum atomic E-state index is 8.57. The highest BCUT2D eigenvalue weighted by molar-refractivity contribution is 8.13. The third kappa shape index (κ3) is 4.24. The van der Waals surface area contributed by atoms with E-state index in [4.69, 9.17) is 21.1 Å². The van der Waals surface area contributed by atoms with Crippen molar-refractivity contribution in [2.45, 2.75) is 6.54 Å². The van der Waals surface area contributed by atoms with Gasteiger partial charge in [-0.2, -0.15) is 10.3 Å². The van der Waals surface area contributed by atoms with Crippen LogP contribution in [0.1, 0.15) is 5.76 Å². The summed E-state index contributed by atoms with van der Waals surface area (Å²) >= 11 is 2.68. The Morgan fingerprint density at radius 1 is 1.59 bits per heavy atom. The molecule has 0 atom stereocenters. The summed E-state index contributed by atoms with van der Waals surface area (Å²) in [5.74, 6) is 0.635. The zero-order chi connectivity index (χ0) is 15.9. The summed E-state index contributed by atoms with van der Waals surface area (Å²) in [7, 11) is 0. The predicted octanol–water partition coefficient (Wildman–Crippen LogP) is 1.60. The summed E-state index contributed by atoms with van der Waals surface area (Å²) in [5, 5.41) is 13.9. The van der Waals surface area contributed by atoms with Crippen molar-refractivity contribution in [2.75, 3.05) is 6.26 Å². The number of furan rings is 1. The molecule has 0 saturated heterocycles. The van der Waals surface area contributed by atoms with Crippen molar-refractivity contribution in [1.29, 1.82) is 5.26 Å². The highest BCUT2D eigenvalue weighted by atomic mass is 32.2. The fraction of sp³-hybridized carbons (Fsp3) is 0.167. The van der Waals surface area contributed by atoms with E-state index in [-0.39, 0.29) is 5.96 Å². The monoisotopic (exact) mass is 335 g/mol. The second-order valence-electron chi connectivity index (χ2n) is 3.92. The first-order chi connectivity index (χ1) is 10.6. The molecule has 2 rings (SSSR count). The van der Waals surface area contributed by atoms with Gasteiger partial charge in [-0.25, -0.2) is 4.98 Å². The van der Waals surface area contributed by atoms with E-state index < -0.39 is 0 Å². The Morgan fingerprint density at radius 3 is 3.09 bits per heavy atom. The third-order valence-electron chi connectivity index (χ3n) is 2.40. The van der Waals surface area contributed by atoms with E-state index in [0.29, 0.717) is 22.6 Å². The number of thiazole rings is 1. The summed E-state index contributed by atoms with van der Waals surface area (Å²) < 4.78 is 5.43. The highest BCUT2D eigenvalue weighted by Gasteiger charge is 2.08. The molecule has 0 bridgehead atoms. The predicted molar refractivity (Wildman–Crippen MR) is 88.7 cm³/mol. The van der Waals surface area contributed by atoms with Gasteiger partial charge in [0.15, 0.2) is 17.3 Å². The second kappa shape index (κ2) is 7.48. The standard InChI is InChI=1S/C12H13N7OS2/c1-21-11(17-6-13)16-3-8-2-7(4-20-8)9-5-22-12(18-9)19-10(14)15/h2,4-5H,3H2,1H3,(H,16,17)(H4,14,15,18,19). The van der Waals surface area contributed by atoms with Crippen molar-refractivity contribution in [3.63, 3.8) is 0 Å². The summed E-state index contributed by atoms with van der Waals surface area (Å²) in [5.41, 5.74) is 12.2. The van der Waals surface area contributed by atoms with E-state index in [1.54, 1.807) is 6.26 Å². The molecule has 0 amide bonds. The lowest BCUT2D eigenvalue weighted by Gasteiger charge is -1.97. The van der Waals surface area contributed by atoms with Crippen molar-refractivity contribution in [3.8, 4) is 17.5 Å². The molecule has 10 heteroatoms. The number of hydrogen-bond donors (Lipinski definition) is 3. The number of rotatable bonds is 4.